The normalized spacial score (nSPS) is 21.1. The van der Waals surface area contributed by atoms with Gasteiger partial charge in [-0.1, -0.05) is 13.8 Å². The summed E-state index contributed by atoms with van der Waals surface area (Å²) in [5.41, 5.74) is 0. The van der Waals surface area contributed by atoms with Gasteiger partial charge in [0.25, 0.3) is 0 Å². The van der Waals surface area contributed by atoms with Crippen LogP contribution in [-0.2, 0) is 4.79 Å². The van der Waals surface area contributed by atoms with Gasteiger partial charge < -0.3 is 10.6 Å². The molecule has 86 valence electrons. The molecule has 2 rings (SSSR count). The largest absolute Gasteiger partial charge is 0.352 e. The summed E-state index contributed by atoms with van der Waals surface area (Å²) in [5, 5.41) is 6.35. The molecule has 0 aromatic rings. The van der Waals surface area contributed by atoms with Crippen LogP contribution >= 0.6 is 0 Å². The van der Waals surface area contributed by atoms with Gasteiger partial charge in [-0.3, -0.25) is 4.79 Å². The van der Waals surface area contributed by atoms with Gasteiger partial charge in [0.2, 0.25) is 5.91 Å². The average Bonchev–Trinajstić information content (AvgIpc) is 3.02. The lowest BCUT2D eigenvalue weighted by molar-refractivity contribution is -0.121. The van der Waals surface area contributed by atoms with E-state index < -0.39 is 0 Å². The Labute approximate surface area is 92.0 Å². The molecular weight excluding hydrogens is 188 g/mol. The van der Waals surface area contributed by atoms with Gasteiger partial charge in [0.1, 0.15) is 0 Å². The lowest BCUT2D eigenvalue weighted by atomic mass is 10.1. The maximum absolute atomic E-state index is 11.6. The van der Waals surface area contributed by atoms with Crippen LogP contribution in [0.1, 0.15) is 39.5 Å². The number of nitrogens with one attached hydrogen (secondary N) is 2. The molecule has 2 aliphatic carbocycles. The van der Waals surface area contributed by atoms with Crippen molar-refractivity contribution < 1.29 is 4.79 Å². The summed E-state index contributed by atoms with van der Waals surface area (Å²) >= 11 is 0. The molecule has 0 aromatic carbocycles. The fraction of sp³-hybridized carbons (Fsp3) is 0.917. The van der Waals surface area contributed by atoms with Crippen molar-refractivity contribution >= 4 is 5.91 Å². The van der Waals surface area contributed by atoms with E-state index in [0.29, 0.717) is 18.6 Å². The van der Waals surface area contributed by atoms with Gasteiger partial charge in [0.15, 0.2) is 0 Å². The predicted molar refractivity (Wildman–Crippen MR) is 60.5 cm³/mol. The highest BCUT2D eigenvalue weighted by molar-refractivity contribution is 5.78. The van der Waals surface area contributed by atoms with E-state index in [0.717, 1.165) is 11.8 Å². The lowest BCUT2D eigenvalue weighted by Crippen LogP contribution is -2.43. The van der Waals surface area contributed by atoms with Crippen LogP contribution in [0, 0.1) is 11.8 Å². The van der Waals surface area contributed by atoms with Gasteiger partial charge in [0.05, 0.1) is 6.54 Å². The van der Waals surface area contributed by atoms with Gasteiger partial charge in [-0.25, -0.2) is 0 Å². The van der Waals surface area contributed by atoms with Crippen LogP contribution < -0.4 is 10.6 Å². The average molecular weight is 210 g/mol. The molecule has 0 spiro atoms. The van der Waals surface area contributed by atoms with Crippen molar-refractivity contribution in [1.82, 2.24) is 10.6 Å². The van der Waals surface area contributed by atoms with Gasteiger partial charge in [0, 0.05) is 12.1 Å². The molecule has 0 saturated heterocycles. The molecule has 0 unspecified atom stereocenters. The fourth-order valence-electron chi connectivity index (χ4n) is 2.07. The highest BCUT2D eigenvalue weighted by atomic mass is 16.2. The van der Waals surface area contributed by atoms with Gasteiger partial charge in [-0.15, -0.1) is 0 Å². The summed E-state index contributed by atoms with van der Waals surface area (Å²) in [6.07, 6.45) is 5.27. The maximum atomic E-state index is 11.6. The molecule has 0 radical (unpaired) electrons. The Morgan fingerprint density at radius 3 is 2.13 bits per heavy atom. The summed E-state index contributed by atoms with van der Waals surface area (Å²) < 4.78 is 0. The third-order valence-electron chi connectivity index (χ3n) is 3.26. The molecule has 1 amide bonds. The van der Waals surface area contributed by atoms with E-state index in [1.807, 2.05) is 0 Å². The predicted octanol–water partition coefficient (Wildman–Crippen LogP) is 1.29. The second-order valence-electron chi connectivity index (χ2n) is 5.30. The first-order chi connectivity index (χ1) is 7.16. The minimum absolute atomic E-state index is 0.174. The first-order valence-corrected chi connectivity index (χ1v) is 6.19. The van der Waals surface area contributed by atoms with Crippen LogP contribution in [0.5, 0.6) is 0 Å². The molecule has 0 aliphatic heterocycles. The number of hydrogen-bond donors (Lipinski definition) is 2. The zero-order valence-corrected chi connectivity index (χ0v) is 9.75. The third-order valence-corrected chi connectivity index (χ3v) is 3.26. The number of carbonyl (C=O) groups is 1. The first kappa shape index (κ1) is 10.9. The summed E-state index contributed by atoms with van der Waals surface area (Å²) in [4.78, 5) is 11.6. The van der Waals surface area contributed by atoms with E-state index in [-0.39, 0.29) is 5.91 Å². The van der Waals surface area contributed by atoms with E-state index in [1.54, 1.807) is 0 Å². The molecular formula is C12H22N2O. The standard InChI is InChI=1S/C12H22N2O/c1-8(2)13-7-11(15)14-12(9-3-4-9)10-5-6-10/h8-10,12-13H,3-7H2,1-2H3,(H,14,15). The molecule has 3 heteroatoms. The molecule has 0 bridgehead atoms. The molecule has 0 atom stereocenters. The molecule has 2 N–H and O–H groups in total. The second-order valence-corrected chi connectivity index (χ2v) is 5.30. The van der Waals surface area contributed by atoms with E-state index in [4.69, 9.17) is 0 Å². The topological polar surface area (TPSA) is 41.1 Å². The van der Waals surface area contributed by atoms with E-state index >= 15 is 0 Å². The number of carbonyl (C=O) groups excluding carboxylic acids is 1. The highest BCUT2D eigenvalue weighted by Gasteiger charge is 2.42. The zero-order chi connectivity index (χ0) is 10.8. The van der Waals surface area contributed by atoms with Crippen LogP contribution in [0.3, 0.4) is 0 Å². The number of rotatable bonds is 6. The number of hydrogen-bond acceptors (Lipinski definition) is 2. The SMILES string of the molecule is CC(C)NCC(=O)NC(C1CC1)C1CC1. The van der Waals surface area contributed by atoms with Crippen LogP contribution in [0.2, 0.25) is 0 Å². The van der Waals surface area contributed by atoms with Crippen molar-refractivity contribution in [3.63, 3.8) is 0 Å². The molecule has 0 aromatic heterocycles. The van der Waals surface area contributed by atoms with Crippen molar-refractivity contribution in [2.24, 2.45) is 11.8 Å². The Bertz CT molecular complexity index is 220. The Morgan fingerprint density at radius 1 is 1.20 bits per heavy atom. The van der Waals surface area contributed by atoms with Crippen molar-refractivity contribution in [3.05, 3.63) is 0 Å². The minimum Gasteiger partial charge on any atom is -0.352 e. The smallest absolute Gasteiger partial charge is 0.234 e. The molecule has 2 saturated carbocycles. The van der Waals surface area contributed by atoms with Crippen LogP contribution in [0.15, 0.2) is 0 Å². The van der Waals surface area contributed by atoms with Gasteiger partial charge in [-0.05, 0) is 37.5 Å². The molecule has 3 nitrogen and oxygen atoms in total. The Morgan fingerprint density at radius 2 is 1.73 bits per heavy atom. The minimum atomic E-state index is 0.174. The lowest BCUT2D eigenvalue weighted by Gasteiger charge is -2.18. The quantitative estimate of drug-likeness (QED) is 0.693. The molecule has 15 heavy (non-hydrogen) atoms. The molecule has 2 aliphatic rings. The summed E-state index contributed by atoms with van der Waals surface area (Å²) in [7, 11) is 0. The van der Waals surface area contributed by atoms with Crippen molar-refractivity contribution in [3.8, 4) is 0 Å². The Balaban J connectivity index is 1.71. The van der Waals surface area contributed by atoms with Crippen molar-refractivity contribution in [1.29, 1.82) is 0 Å². The Hall–Kier alpha value is -0.570. The van der Waals surface area contributed by atoms with Crippen LogP contribution in [-0.4, -0.2) is 24.5 Å². The van der Waals surface area contributed by atoms with Gasteiger partial charge >= 0.3 is 0 Å². The van der Waals surface area contributed by atoms with Crippen molar-refractivity contribution in [2.75, 3.05) is 6.54 Å². The zero-order valence-electron chi connectivity index (χ0n) is 9.75. The maximum Gasteiger partial charge on any atom is 0.234 e. The number of amides is 1. The monoisotopic (exact) mass is 210 g/mol. The van der Waals surface area contributed by atoms with E-state index in [2.05, 4.69) is 24.5 Å². The summed E-state index contributed by atoms with van der Waals surface area (Å²) in [6, 6.07) is 0.877. The van der Waals surface area contributed by atoms with Crippen LogP contribution in [0.25, 0.3) is 0 Å². The summed E-state index contributed by atoms with van der Waals surface area (Å²) in [5.74, 6) is 1.76. The molecule has 2 fully saturated rings. The van der Waals surface area contributed by atoms with Crippen molar-refractivity contribution in [2.45, 2.75) is 51.6 Å². The van der Waals surface area contributed by atoms with E-state index in [9.17, 15) is 4.79 Å². The fourth-order valence-corrected chi connectivity index (χ4v) is 2.07. The second kappa shape index (κ2) is 4.52. The van der Waals surface area contributed by atoms with Crippen LogP contribution in [0.4, 0.5) is 0 Å². The first-order valence-electron chi connectivity index (χ1n) is 6.19. The molecule has 0 heterocycles. The summed E-state index contributed by atoms with van der Waals surface area (Å²) in [6.45, 7) is 4.59. The highest BCUT2D eigenvalue weighted by Crippen LogP contribution is 2.44. The van der Waals surface area contributed by atoms with E-state index in [1.165, 1.54) is 25.7 Å². The third kappa shape index (κ3) is 3.49. The Kier molecular flexibility index (Phi) is 3.29. The van der Waals surface area contributed by atoms with Gasteiger partial charge in [-0.2, -0.15) is 0 Å².